The number of nitriles is 1. The van der Waals surface area contributed by atoms with Gasteiger partial charge in [0.15, 0.2) is 0 Å². The van der Waals surface area contributed by atoms with Gasteiger partial charge in [0.25, 0.3) is 0 Å². The van der Waals surface area contributed by atoms with Crippen molar-refractivity contribution in [3.05, 3.63) is 29.6 Å². The van der Waals surface area contributed by atoms with Crippen LogP contribution in [0.4, 0.5) is 0 Å². The van der Waals surface area contributed by atoms with Gasteiger partial charge in [0, 0.05) is 6.42 Å². The summed E-state index contributed by atoms with van der Waals surface area (Å²) in [4.78, 5) is 8.47. The van der Waals surface area contributed by atoms with E-state index in [2.05, 4.69) is 27.4 Å². The molecule has 0 bridgehead atoms. The van der Waals surface area contributed by atoms with Crippen molar-refractivity contribution in [1.82, 2.24) is 10.3 Å². The topological polar surface area (TPSA) is 70.3 Å². The largest absolute Gasteiger partial charge is 0.491 e. The van der Waals surface area contributed by atoms with Crippen LogP contribution in [0.15, 0.2) is 23.2 Å². The highest BCUT2D eigenvalue weighted by atomic mass is 16.5. The lowest BCUT2D eigenvalue weighted by atomic mass is 10.0. The minimum atomic E-state index is 0.221. The second kappa shape index (κ2) is 4.49. The minimum absolute atomic E-state index is 0.221. The van der Waals surface area contributed by atoms with Crippen molar-refractivity contribution in [3.63, 3.8) is 0 Å². The molecular formula is C13H12N4O. The van der Waals surface area contributed by atoms with Crippen molar-refractivity contribution in [1.29, 1.82) is 5.26 Å². The number of fused-ring (bicyclic) bond motifs is 1. The molecule has 1 atom stereocenters. The number of hydrogen-bond donors (Lipinski definition) is 1. The Morgan fingerprint density at radius 3 is 3.22 bits per heavy atom. The van der Waals surface area contributed by atoms with Crippen LogP contribution in [0, 0.1) is 11.3 Å². The fourth-order valence-corrected chi connectivity index (χ4v) is 2.12. The molecule has 3 heterocycles. The predicted octanol–water partition coefficient (Wildman–Crippen LogP) is 1.12. The normalized spacial score (nSPS) is 23.1. The highest BCUT2D eigenvalue weighted by Gasteiger charge is 2.19. The van der Waals surface area contributed by atoms with E-state index >= 15 is 0 Å². The van der Waals surface area contributed by atoms with Gasteiger partial charge in [-0.05, 0) is 17.7 Å². The zero-order chi connectivity index (χ0) is 12.4. The SMILES string of the molecule is N#Cc1ccc2c(n1)/C(=C/C1CN=CN1)CCO2. The molecule has 0 spiro atoms. The molecule has 0 radical (unpaired) electrons. The number of hydrogen-bond acceptors (Lipinski definition) is 5. The van der Waals surface area contributed by atoms with E-state index in [9.17, 15) is 0 Å². The molecule has 1 aromatic rings. The van der Waals surface area contributed by atoms with Gasteiger partial charge in [-0.15, -0.1) is 0 Å². The summed E-state index contributed by atoms with van der Waals surface area (Å²) < 4.78 is 5.55. The van der Waals surface area contributed by atoms with Crippen LogP contribution in [-0.4, -0.2) is 30.5 Å². The molecule has 0 fully saturated rings. The standard InChI is InChI=1S/C13H12N4O/c14-6-10-1-2-12-13(17-10)9(3-4-18-12)5-11-7-15-8-16-11/h1-2,5,8,11H,3-4,7H2,(H,15,16)/b9-5+. The van der Waals surface area contributed by atoms with E-state index in [-0.39, 0.29) is 6.04 Å². The molecule has 1 N–H and O–H groups in total. The first-order valence-electron chi connectivity index (χ1n) is 5.86. The second-order valence-corrected chi connectivity index (χ2v) is 4.21. The van der Waals surface area contributed by atoms with Gasteiger partial charge in [-0.3, -0.25) is 4.99 Å². The van der Waals surface area contributed by atoms with E-state index in [1.165, 1.54) is 0 Å². The number of rotatable bonds is 1. The maximum absolute atomic E-state index is 8.90. The van der Waals surface area contributed by atoms with Crippen molar-refractivity contribution < 1.29 is 4.74 Å². The van der Waals surface area contributed by atoms with Gasteiger partial charge in [-0.2, -0.15) is 5.26 Å². The predicted molar refractivity (Wildman–Crippen MR) is 67.3 cm³/mol. The lowest BCUT2D eigenvalue weighted by molar-refractivity contribution is 0.314. The van der Waals surface area contributed by atoms with E-state index in [1.807, 2.05) is 6.07 Å². The van der Waals surface area contributed by atoms with E-state index < -0.39 is 0 Å². The number of nitrogens with zero attached hydrogens (tertiary/aromatic N) is 3. The Bertz CT molecular complexity index is 563. The Labute approximate surface area is 105 Å². The molecule has 1 aromatic heterocycles. The van der Waals surface area contributed by atoms with E-state index in [1.54, 1.807) is 12.4 Å². The fraction of sp³-hybridized carbons (Fsp3) is 0.308. The number of aliphatic imine (C=N–C) groups is 1. The first-order chi connectivity index (χ1) is 8.86. The second-order valence-electron chi connectivity index (χ2n) is 4.21. The van der Waals surface area contributed by atoms with Crippen LogP contribution in [0.1, 0.15) is 17.8 Å². The van der Waals surface area contributed by atoms with Gasteiger partial charge in [0.2, 0.25) is 0 Å². The molecule has 18 heavy (non-hydrogen) atoms. The Kier molecular flexibility index (Phi) is 2.69. The van der Waals surface area contributed by atoms with Crippen LogP contribution in [0.2, 0.25) is 0 Å². The molecule has 90 valence electrons. The molecule has 2 aliphatic heterocycles. The van der Waals surface area contributed by atoms with Crippen molar-refractivity contribution in [2.24, 2.45) is 4.99 Å². The maximum Gasteiger partial charge on any atom is 0.145 e. The van der Waals surface area contributed by atoms with Crippen LogP contribution in [0.3, 0.4) is 0 Å². The van der Waals surface area contributed by atoms with Gasteiger partial charge in [-0.1, -0.05) is 6.08 Å². The third-order valence-electron chi connectivity index (χ3n) is 2.99. The Morgan fingerprint density at radius 2 is 2.44 bits per heavy atom. The van der Waals surface area contributed by atoms with Gasteiger partial charge in [-0.25, -0.2) is 4.98 Å². The maximum atomic E-state index is 8.90. The number of aromatic nitrogens is 1. The molecule has 5 nitrogen and oxygen atoms in total. The van der Waals surface area contributed by atoms with Gasteiger partial charge in [0.05, 0.1) is 25.5 Å². The third-order valence-corrected chi connectivity index (χ3v) is 2.99. The summed E-state index contributed by atoms with van der Waals surface area (Å²) in [6, 6.07) is 5.77. The monoisotopic (exact) mass is 240 g/mol. The molecular weight excluding hydrogens is 228 g/mol. The molecule has 0 aromatic carbocycles. The molecule has 5 heteroatoms. The van der Waals surface area contributed by atoms with E-state index in [0.717, 1.165) is 30.0 Å². The van der Waals surface area contributed by atoms with Crippen LogP contribution < -0.4 is 10.1 Å². The Balaban J connectivity index is 1.97. The summed E-state index contributed by atoms with van der Waals surface area (Å²) in [5.41, 5.74) is 2.33. The molecule has 0 aliphatic carbocycles. The average Bonchev–Trinajstić information content (AvgIpc) is 2.91. The molecule has 2 aliphatic rings. The van der Waals surface area contributed by atoms with Gasteiger partial charge >= 0.3 is 0 Å². The highest BCUT2D eigenvalue weighted by Crippen LogP contribution is 2.31. The Morgan fingerprint density at radius 1 is 1.50 bits per heavy atom. The third kappa shape index (κ3) is 1.93. The Hall–Kier alpha value is -2.35. The number of nitrogens with one attached hydrogen (secondary N) is 1. The number of pyridine rings is 1. The fourth-order valence-electron chi connectivity index (χ4n) is 2.12. The van der Waals surface area contributed by atoms with Crippen LogP contribution in [0.5, 0.6) is 5.75 Å². The quantitative estimate of drug-likeness (QED) is 0.798. The summed E-state index contributed by atoms with van der Waals surface area (Å²) in [6.45, 7) is 1.40. The number of ether oxygens (including phenoxy) is 1. The molecule has 0 saturated carbocycles. The first kappa shape index (κ1) is 10.8. The average molecular weight is 240 g/mol. The van der Waals surface area contributed by atoms with Crippen LogP contribution in [0.25, 0.3) is 5.57 Å². The summed E-state index contributed by atoms with van der Waals surface area (Å²) >= 11 is 0. The van der Waals surface area contributed by atoms with Crippen LogP contribution >= 0.6 is 0 Å². The highest BCUT2D eigenvalue weighted by molar-refractivity contribution is 5.71. The van der Waals surface area contributed by atoms with Crippen molar-refractivity contribution >= 4 is 11.9 Å². The lowest BCUT2D eigenvalue weighted by Gasteiger charge is -2.20. The first-order valence-corrected chi connectivity index (χ1v) is 5.86. The molecule has 3 rings (SSSR count). The van der Waals surface area contributed by atoms with Crippen molar-refractivity contribution in [2.45, 2.75) is 12.5 Å². The molecule has 0 amide bonds. The summed E-state index contributed by atoms with van der Waals surface area (Å²) in [5, 5.41) is 12.1. The summed E-state index contributed by atoms with van der Waals surface area (Å²) in [7, 11) is 0. The van der Waals surface area contributed by atoms with Gasteiger partial charge in [0.1, 0.15) is 23.2 Å². The van der Waals surface area contributed by atoms with E-state index in [4.69, 9.17) is 10.00 Å². The molecule has 1 unspecified atom stereocenters. The minimum Gasteiger partial charge on any atom is -0.491 e. The zero-order valence-electron chi connectivity index (χ0n) is 9.76. The smallest absolute Gasteiger partial charge is 0.145 e. The summed E-state index contributed by atoms with van der Waals surface area (Å²) in [6.07, 6.45) is 4.66. The van der Waals surface area contributed by atoms with Crippen LogP contribution in [-0.2, 0) is 0 Å². The molecule has 0 saturated heterocycles. The van der Waals surface area contributed by atoms with E-state index in [0.29, 0.717) is 12.3 Å². The van der Waals surface area contributed by atoms with Gasteiger partial charge < -0.3 is 10.1 Å². The summed E-state index contributed by atoms with van der Waals surface area (Å²) in [5.74, 6) is 0.755. The van der Waals surface area contributed by atoms with Crippen molar-refractivity contribution in [2.75, 3.05) is 13.2 Å². The zero-order valence-corrected chi connectivity index (χ0v) is 9.76. The lowest BCUT2D eigenvalue weighted by Crippen LogP contribution is -2.23. The van der Waals surface area contributed by atoms with Crippen molar-refractivity contribution in [3.8, 4) is 11.8 Å².